The number of nitrogens with one attached hydrogen (secondary N) is 1. The Hall–Kier alpha value is -1.70. The van der Waals surface area contributed by atoms with Gasteiger partial charge in [-0.25, -0.2) is 8.42 Å². The zero-order valence-corrected chi connectivity index (χ0v) is 15.4. The third kappa shape index (κ3) is 5.39. The molecule has 2 rings (SSSR count). The van der Waals surface area contributed by atoms with Gasteiger partial charge in [0.15, 0.2) is 0 Å². The van der Waals surface area contributed by atoms with Gasteiger partial charge in [0, 0.05) is 19.6 Å². The van der Waals surface area contributed by atoms with E-state index < -0.39 is 16.1 Å². The summed E-state index contributed by atoms with van der Waals surface area (Å²) < 4.78 is 31.8. The minimum Gasteiger partial charge on any atom is -0.368 e. The molecule has 1 heterocycles. The summed E-state index contributed by atoms with van der Waals surface area (Å²) in [5.74, 6) is -0.196. The molecule has 0 aliphatic carbocycles. The van der Waals surface area contributed by atoms with Crippen molar-refractivity contribution in [1.82, 2.24) is 9.62 Å². The number of carbonyl (C=O) groups is 1. The maximum Gasteiger partial charge on any atom is 0.249 e. The van der Waals surface area contributed by atoms with E-state index in [2.05, 4.69) is 11.9 Å². The van der Waals surface area contributed by atoms with Gasteiger partial charge in [-0.15, -0.1) is 6.58 Å². The predicted octanol–water partition coefficient (Wildman–Crippen LogP) is 2.07. The second-order valence-corrected chi connectivity index (χ2v) is 8.00. The Bertz CT molecular complexity index is 680. The number of sulfonamides is 1. The van der Waals surface area contributed by atoms with E-state index in [0.717, 1.165) is 18.4 Å². The van der Waals surface area contributed by atoms with E-state index in [-0.39, 0.29) is 5.91 Å². The van der Waals surface area contributed by atoms with E-state index in [1.165, 1.54) is 4.31 Å². The maximum absolute atomic E-state index is 12.5. The van der Waals surface area contributed by atoms with Crippen molar-refractivity contribution in [2.75, 3.05) is 19.7 Å². The van der Waals surface area contributed by atoms with Crippen LogP contribution in [0, 0.1) is 0 Å². The van der Waals surface area contributed by atoms with Gasteiger partial charge in [0.05, 0.1) is 11.5 Å². The fourth-order valence-corrected chi connectivity index (χ4v) is 4.11. The lowest BCUT2D eigenvalue weighted by Crippen LogP contribution is -2.34. The summed E-state index contributed by atoms with van der Waals surface area (Å²) >= 11 is 0. The van der Waals surface area contributed by atoms with Crippen LogP contribution in [0.25, 0.3) is 0 Å². The third-order valence-electron chi connectivity index (χ3n) is 4.15. The van der Waals surface area contributed by atoms with Crippen molar-refractivity contribution in [1.29, 1.82) is 0 Å². The van der Waals surface area contributed by atoms with Crippen molar-refractivity contribution < 1.29 is 17.9 Å². The molecule has 1 aliphatic rings. The van der Waals surface area contributed by atoms with E-state index in [0.29, 0.717) is 37.6 Å². The molecule has 0 bridgehead atoms. The largest absolute Gasteiger partial charge is 0.368 e. The molecule has 6 nitrogen and oxygen atoms in total. The van der Waals surface area contributed by atoms with Crippen LogP contribution >= 0.6 is 0 Å². The molecular formula is C18H26N2O4S. The summed E-state index contributed by atoms with van der Waals surface area (Å²) in [4.78, 5) is 12.2. The van der Waals surface area contributed by atoms with E-state index in [1.54, 1.807) is 37.3 Å². The van der Waals surface area contributed by atoms with Crippen LogP contribution in [0.15, 0.2) is 41.8 Å². The maximum atomic E-state index is 12.5. The highest BCUT2D eigenvalue weighted by Gasteiger charge is 2.26. The van der Waals surface area contributed by atoms with Crippen molar-refractivity contribution >= 4 is 15.9 Å². The van der Waals surface area contributed by atoms with Gasteiger partial charge in [-0.2, -0.15) is 4.31 Å². The number of hydrogen-bond donors (Lipinski definition) is 1. The van der Waals surface area contributed by atoms with Crippen LogP contribution in [0.2, 0.25) is 0 Å². The standard InChI is InChI=1S/C18H26N2O4S/c1-3-4-13-24-15(2)18(21)19-14-16-7-9-17(10-8-16)25(22,23)20-11-5-6-12-20/h3,7-10,15H,1,4-6,11-14H2,2H3,(H,19,21). The Kier molecular flexibility index (Phi) is 7.16. The van der Waals surface area contributed by atoms with Crippen molar-refractivity contribution in [3.05, 3.63) is 42.5 Å². The van der Waals surface area contributed by atoms with Gasteiger partial charge >= 0.3 is 0 Å². The molecule has 1 saturated heterocycles. The summed E-state index contributed by atoms with van der Waals surface area (Å²) in [7, 11) is -3.40. The number of ether oxygens (including phenoxy) is 1. The van der Waals surface area contributed by atoms with Crippen LogP contribution in [0.1, 0.15) is 31.7 Å². The van der Waals surface area contributed by atoms with Gasteiger partial charge in [0.25, 0.3) is 0 Å². The molecule has 1 atom stereocenters. The van der Waals surface area contributed by atoms with Gasteiger partial charge < -0.3 is 10.1 Å². The van der Waals surface area contributed by atoms with Gasteiger partial charge in [0.2, 0.25) is 15.9 Å². The Labute approximate surface area is 149 Å². The van der Waals surface area contributed by atoms with Crippen molar-refractivity contribution in [3.8, 4) is 0 Å². The first-order chi connectivity index (χ1) is 11.9. The molecule has 0 spiro atoms. The minimum absolute atomic E-state index is 0.196. The van der Waals surface area contributed by atoms with Gasteiger partial charge in [-0.05, 0) is 43.9 Å². The zero-order valence-electron chi connectivity index (χ0n) is 14.6. The molecule has 0 radical (unpaired) electrons. The molecule has 1 N–H and O–H groups in total. The molecule has 25 heavy (non-hydrogen) atoms. The summed E-state index contributed by atoms with van der Waals surface area (Å²) in [5.41, 5.74) is 0.840. The fraction of sp³-hybridized carbons (Fsp3) is 0.500. The highest BCUT2D eigenvalue weighted by molar-refractivity contribution is 7.89. The van der Waals surface area contributed by atoms with Crippen molar-refractivity contribution in [3.63, 3.8) is 0 Å². The van der Waals surface area contributed by atoms with Crippen LogP contribution in [0.3, 0.4) is 0 Å². The number of carbonyl (C=O) groups excluding carboxylic acids is 1. The lowest BCUT2D eigenvalue weighted by atomic mass is 10.2. The molecule has 7 heteroatoms. The first-order valence-corrected chi connectivity index (χ1v) is 9.98. The Balaban J connectivity index is 1.88. The monoisotopic (exact) mass is 366 g/mol. The minimum atomic E-state index is -3.40. The zero-order chi connectivity index (χ0) is 18.3. The SMILES string of the molecule is C=CCCOC(C)C(=O)NCc1ccc(S(=O)(=O)N2CCCC2)cc1. The normalized spacial score (nSPS) is 16.5. The van der Waals surface area contributed by atoms with Crippen molar-refractivity contribution in [2.45, 2.75) is 43.7 Å². The van der Waals surface area contributed by atoms with Gasteiger partial charge in [-0.3, -0.25) is 4.79 Å². The Morgan fingerprint density at radius 2 is 1.96 bits per heavy atom. The molecule has 1 fully saturated rings. The predicted molar refractivity (Wildman–Crippen MR) is 96.5 cm³/mol. The first-order valence-electron chi connectivity index (χ1n) is 8.54. The number of nitrogens with zero attached hydrogens (tertiary/aromatic N) is 1. The number of benzene rings is 1. The molecule has 0 aromatic heterocycles. The van der Waals surface area contributed by atoms with E-state index in [4.69, 9.17) is 4.74 Å². The second-order valence-electron chi connectivity index (χ2n) is 6.06. The Morgan fingerprint density at radius 1 is 1.32 bits per heavy atom. The summed E-state index contributed by atoms with van der Waals surface area (Å²) in [5, 5.41) is 2.79. The van der Waals surface area contributed by atoms with Crippen LogP contribution < -0.4 is 5.32 Å². The molecule has 1 amide bonds. The van der Waals surface area contributed by atoms with Crippen LogP contribution in [-0.2, 0) is 26.1 Å². The van der Waals surface area contributed by atoms with E-state index in [1.807, 2.05) is 0 Å². The van der Waals surface area contributed by atoms with E-state index >= 15 is 0 Å². The third-order valence-corrected chi connectivity index (χ3v) is 6.06. The quantitative estimate of drug-likeness (QED) is 0.536. The van der Waals surface area contributed by atoms with Crippen LogP contribution in [0.5, 0.6) is 0 Å². The topological polar surface area (TPSA) is 75.7 Å². The summed E-state index contributed by atoms with van der Waals surface area (Å²) in [6.45, 7) is 7.27. The Morgan fingerprint density at radius 3 is 2.56 bits per heavy atom. The molecule has 138 valence electrons. The number of hydrogen-bond acceptors (Lipinski definition) is 4. The average molecular weight is 366 g/mol. The van der Waals surface area contributed by atoms with E-state index in [9.17, 15) is 13.2 Å². The number of rotatable bonds is 9. The lowest BCUT2D eigenvalue weighted by molar-refractivity contribution is -0.131. The van der Waals surface area contributed by atoms with Crippen molar-refractivity contribution in [2.24, 2.45) is 0 Å². The average Bonchev–Trinajstić information content (AvgIpc) is 3.15. The summed E-state index contributed by atoms with van der Waals surface area (Å²) in [6.07, 6.45) is 3.73. The molecular weight excluding hydrogens is 340 g/mol. The highest BCUT2D eigenvalue weighted by atomic mass is 32.2. The smallest absolute Gasteiger partial charge is 0.249 e. The van der Waals surface area contributed by atoms with Gasteiger partial charge in [-0.1, -0.05) is 18.2 Å². The first kappa shape index (κ1) is 19.6. The lowest BCUT2D eigenvalue weighted by Gasteiger charge is -2.16. The van der Waals surface area contributed by atoms with Crippen LogP contribution in [-0.4, -0.2) is 44.4 Å². The molecule has 1 unspecified atom stereocenters. The molecule has 0 saturated carbocycles. The van der Waals surface area contributed by atoms with Crippen LogP contribution in [0.4, 0.5) is 0 Å². The van der Waals surface area contributed by atoms with Gasteiger partial charge in [0.1, 0.15) is 6.10 Å². The summed E-state index contributed by atoms with van der Waals surface area (Å²) in [6, 6.07) is 6.65. The number of amides is 1. The highest BCUT2D eigenvalue weighted by Crippen LogP contribution is 2.21. The molecule has 1 aliphatic heterocycles. The molecule has 1 aromatic rings. The second kappa shape index (κ2) is 9.12. The fourth-order valence-electron chi connectivity index (χ4n) is 2.59. The molecule has 1 aromatic carbocycles.